The average Bonchev–Trinajstić information content (AvgIpc) is 2.63. The molecule has 0 aliphatic carbocycles. The fraction of sp³-hybridized carbons (Fsp3) is 0.545. The summed E-state index contributed by atoms with van der Waals surface area (Å²) in [5.74, 6) is -1.11. The van der Waals surface area contributed by atoms with Crippen LogP contribution in [0, 0.1) is 13.8 Å². The molecular weight excluding hydrogens is 295 g/mol. The number of halogens is 3. The predicted octanol–water partition coefficient (Wildman–Crippen LogP) is 1.45. The van der Waals surface area contributed by atoms with E-state index in [4.69, 9.17) is 9.63 Å². The van der Waals surface area contributed by atoms with Crippen LogP contribution in [-0.4, -0.2) is 46.4 Å². The summed E-state index contributed by atoms with van der Waals surface area (Å²) in [5, 5.41) is 14.4. The molecule has 1 aromatic heterocycles. The van der Waals surface area contributed by atoms with Crippen molar-refractivity contribution < 1.29 is 32.4 Å². The number of hydrogen-bond acceptors (Lipinski definition) is 4. The molecule has 1 heterocycles. The molecule has 118 valence electrons. The molecule has 0 aromatic carbocycles. The second-order valence-corrected chi connectivity index (χ2v) is 4.33. The Bertz CT molecular complexity index is 508. The highest BCUT2D eigenvalue weighted by Gasteiger charge is 2.34. The van der Waals surface area contributed by atoms with Crippen LogP contribution in [0.4, 0.5) is 18.0 Å². The zero-order chi connectivity index (χ0) is 16.2. The molecule has 0 aliphatic rings. The zero-order valence-corrected chi connectivity index (χ0v) is 11.3. The molecule has 10 heteroatoms. The number of amides is 2. The number of carboxylic acids is 1. The van der Waals surface area contributed by atoms with E-state index in [2.05, 4.69) is 10.5 Å². The van der Waals surface area contributed by atoms with Crippen molar-refractivity contribution >= 4 is 12.0 Å². The van der Waals surface area contributed by atoms with Gasteiger partial charge in [0.15, 0.2) is 0 Å². The molecule has 1 rings (SSSR count). The van der Waals surface area contributed by atoms with Gasteiger partial charge in [-0.1, -0.05) is 5.16 Å². The van der Waals surface area contributed by atoms with Crippen molar-refractivity contribution in [3.05, 3.63) is 17.0 Å². The lowest BCUT2D eigenvalue weighted by Gasteiger charge is -2.22. The Hall–Kier alpha value is -2.26. The number of nitrogens with one attached hydrogen (secondary N) is 1. The van der Waals surface area contributed by atoms with E-state index in [9.17, 15) is 22.8 Å². The number of urea groups is 1. The Kier molecular flexibility index (Phi) is 5.17. The summed E-state index contributed by atoms with van der Waals surface area (Å²) in [6, 6.07) is -1.13. The largest absolute Gasteiger partial charge is 0.480 e. The molecule has 0 saturated heterocycles. The van der Waals surface area contributed by atoms with Gasteiger partial charge in [0.05, 0.1) is 5.69 Å². The highest BCUT2D eigenvalue weighted by atomic mass is 19.4. The van der Waals surface area contributed by atoms with Gasteiger partial charge in [0.2, 0.25) is 0 Å². The van der Waals surface area contributed by atoms with Crippen LogP contribution in [0.15, 0.2) is 4.52 Å². The maximum atomic E-state index is 12.3. The van der Waals surface area contributed by atoms with Gasteiger partial charge < -0.3 is 19.8 Å². The summed E-state index contributed by atoms with van der Waals surface area (Å²) in [6.45, 7) is 0.405. The van der Waals surface area contributed by atoms with Crippen molar-refractivity contribution in [2.45, 2.75) is 26.6 Å². The lowest BCUT2D eigenvalue weighted by atomic mass is 10.2. The summed E-state index contributed by atoms with van der Waals surface area (Å²) < 4.78 is 41.8. The first-order chi connectivity index (χ1) is 9.60. The van der Waals surface area contributed by atoms with Crippen molar-refractivity contribution in [1.29, 1.82) is 0 Å². The van der Waals surface area contributed by atoms with E-state index in [1.807, 2.05) is 0 Å². The van der Waals surface area contributed by atoms with E-state index in [-0.39, 0.29) is 11.4 Å². The van der Waals surface area contributed by atoms with Crippen LogP contribution >= 0.6 is 0 Å². The summed E-state index contributed by atoms with van der Waals surface area (Å²) >= 11 is 0. The fourth-order valence-electron chi connectivity index (χ4n) is 1.61. The van der Waals surface area contributed by atoms with E-state index in [1.54, 1.807) is 13.8 Å². The van der Waals surface area contributed by atoms with Crippen LogP contribution < -0.4 is 5.32 Å². The highest BCUT2D eigenvalue weighted by Crippen LogP contribution is 2.17. The van der Waals surface area contributed by atoms with Gasteiger partial charge in [-0.05, 0) is 13.8 Å². The molecule has 0 unspecified atom stereocenters. The standard InChI is InChI=1S/C11H14F3N3O4/c1-6-8(7(2)21-16-6)3-15-10(20)17(4-9(18)19)5-11(12,13)14/h3-5H2,1-2H3,(H,15,20)(H,18,19). The summed E-state index contributed by atoms with van der Waals surface area (Å²) in [6.07, 6.45) is -4.68. The molecule has 0 spiro atoms. The Balaban J connectivity index is 2.70. The van der Waals surface area contributed by atoms with Crippen molar-refractivity contribution in [2.24, 2.45) is 0 Å². The number of carbonyl (C=O) groups excluding carboxylic acids is 1. The number of aromatic nitrogens is 1. The molecule has 7 nitrogen and oxygen atoms in total. The molecule has 0 radical (unpaired) electrons. The third-order valence-corrected chi connectivity index (χ3v) is 2.58. The van der Waals surface area contributed by atoms with Crippen molar-refractivity contribution in [2.75, 3.05) is 13.1 Å². The van der Waals surface area contributed by atoms with Crippen LogP contribution in [0.25, 0.3) is 0 Å². The second-order valence-electron chi connectivity index (χ2n) is 4.33. The Morgan fingerprint density at radius 3 is 2.43 bits per heavy atom. The fourth-order valence-corrected chi connectivity index (χ4v) is 1.61. The predicted molar refractivity (Wildman–Crippen MR) is 63.5 cm³/mol. The van der Waals surface area contributed by atoms with Crippen molar-refractivity contribution in [3.63, 3.8) is 0 Å². The summed E-state index contributed by atoms with van der Waals surface area (Å²) in [7, 11) is 0. The van der Waals surface area contributed by atoms with Gasteiger partial charge in [-0.15, -0.1) is 0 Å². The zero-order valence-electron chi connectivity index (χ0n) is 11.3. The van der Waals surface area contributed by atoms with Crippen LogP contribution in [0.2, 0.25) is 0 Å². The van der Waals surface area contributed by atoms with Gasteiger partial charge in [0, 0.05) is 12.1 Å². The highest BCUT2D eigenvalue weighted by molar-refractivity contribution is 5.80. The van der Waals surface area contributed by atoms with E-state index in [1.165, 1.54) is 0 Å². The van der Waals surface area contributed by atoms with Gasteiger partial charge in [-0.3, -0.25) is 4.79 Å². The maximum Gasteiger partial charge on any atom is 0.406 e. The molecular formula is C11H14F3N3O4. The monoisotopic (exact) mass is 309 g/mol. The van der Waals surface area contributed by atoms with E-state index in [0.717, 1.165) is 0 Å². The van der Waals surface area contributed by atoms with Gasteiger partial charge in [-0.2, -0.15) is 13.2 Å². The van der Waals surface area contributed by atoms with Gasteiger partial charge in [0.1, 0.15) is 18.8 Å². The second kappa shape index (κ2) is 6.46. The van der Waals surface area contributed by atoms with E-state index >= 15 is 0 Å². The third kappa shape index (κ3) is 5.32. The lowest BCUT2D eigenvalue weighted by molar-refractivity contribution is -0.148. The van der Waals surface area contributed by atoms with Gasteiger partial charge >= 0.3 is 18.2 Å². The maximum absolute atomic E-state index is 12.3. The van der Waals surface area contributed by atoms with Crippen molar-refractivity contribution in [1.82, 2.24) is 15.4 Å². The number of hydrogen-bond donors (Lipinski definition) is 2. The smallest absolute Gasteiger partial charge is 0.406 e. The van der Waals surface area contributed by atoms with Gasteiger partial charge in [0.25, 0.3) is 0 Å². The minimum atomic E-state index is -4.68. The number of aliphatic carboxylic acids is 1. The Morgan fingerprint density at radius 1 is 1.38 bits per heavy atom. The molecule has 2 amide bonds. The molecule has 21 heavy (non-hydrogen) atoms. The van der Waals surface area contributed by atoms with E-state index < -0.39 is 31.3 Å². The Labute approximate surface area is 117 Å². The molecule has 2 N–H and O–H groups in total. The lowest BCUT2D eigenvalue weighted by Crippen LogP contribution is -2.46. The van der Waals surface area contributed by atoms with E-state index in [0.29, 0.717) is 17.0 Å². The number of alkyl halides is 3. The third-order valence-electron chi connectivity index (χ3n) is 2.58. The van der Waals surface area contributed by atoms with Crippen LogP contribution in [0.1, 0.15) is 17.0 Å². The van der Waals surface area contributed by atoms with Crippen LogP contribution in [0.3, 0.4) is 0 Å². The normalized spacial score (nSPS) is 11.3. The topological polar surface area (TPSA) is 95.7 Å². The molecule has 0 saturated carbocycles. The van der Waals surface area contributed by atoms with Crippen molar-refractivity contribution in [3.8, 4) is 0 Å². The quantitative estimate of drug-likeness (QED) is 0.858. The SMILES string of the molecule is Cc1noc(C)c1CNC(=O)N(CC(=O)O)CC(F)(F)F. The van der Waals surface area contributed by atoms with Crippen LogP contribution in [0.5, 0.6) is 0 Å². The molecule has 0 bridgehead atoms. The number of rotatable bonds is 5. The molecule has 0 aliphatic heterocycles. The van der Waals surface area contributed by atoms with Gasteiger partial charge in [-0.25, -0.2) is 4.79 Å². The minimum absolute atomic E-state index is 0.103. The first-order valence-corrected chi connectivity index (χ1v) is 5.83. The minimum Gasteiger partial charge on any atom is -0.480 e. The Morgan fingerprint density at radius 2 is 2.00 bits per heavy atom. The summed E-state index contributed by atoms with van der Waals surface area (Å²) in [5.41, 5.74) is 1.03. The molecule has 1 aromatic rings. The number of nitrogens with zero attached hydrogens (tertiary/aromatic N) is 2. The molecule has 0 fully saturated rings. The van der Waals surface area contributed by atoms with Crippen LogP contribution in [-0.2, 0) is 11.3 Å². The first-order valence-electron chi connectivity index (χ1n) is 5.83. The average molecular weight is 309 g/mol. The summed E-state index contributed by atoms with van der Waals surface area (Å²) in [4.78, 5) is 22.4. The number of aryl methyl sites for hydroxylation is 2. The first kappa shape index (κ1) is 16.8. The number of carbonyl (C=O) groups is 2. The molecule has 0 atom stereocenters. The number of carboxylic acid groups (broad SMARTS) is 1.